The number of ether oxygens (including phenoxy) is 1. The van der Waals surface area contributed by atoms with E-state index in [4.69, 9.17) is 14.3 Å². The molecular formula is C25H40O7Si. The summed E-state index contributed by atoms with van der Waals surface area (Å²) in [6.45, 7) is 18.2. The number of aliphatic carboxylic acids is 1. The number of hydrogen-bond acceptors (Lipinski definition) is 6. The fourth-order valence-corrected chi connectivity index (χ4v) is 4.73. The van der Waals surface area contributed by atoms with E-state index < -0.39 is 25.7 Å². The van der Waals surface area contributed by atoms with E-state index >= 15 is 0 Å². The molecule has 0 spiro atoms. The third-order valence-electron chi connectivity index (χ3n) is 6.68. The van der Waals surface area contributed by atoms with Gasteiger partial charge in [0.2, 0.25) is 0 Å². The molecule has 8 heteroatoms. The molecule has 0 radical (unpaired) electrons. The highest BCUT2D eigenvalue weighted by molar-refractivity contribution is 6.74. The lowest BCUT2D eigenvalue weighted by molar-refractivity contribution is -0.146. The van der Waals surface area contributed by atoms with Crippen molar-refractivity contribution in [3.8, 4) is 0 Å². The monoisotopic (exact) mass is 480 g/mol. The Morgan fingerprint density at radius 1 is 0.939 bits per heavy atom. The van der Waals surface area contributed by atoms with Crippen molar-refractivity contribution in [1.82, 2.24) is 0 Å². The number of carboxylic acids is 1. The Hall–Kier alpha value is -2.06. The van der Waals surface area contributed by atoms with Crippen LogP contribution in [-0.4, -0.2) is 50.1 Å². The average Bonchev–Trinajstić information content (AvgIpc) is 2.64. The van der Waals surface area contributed by atoms with Gasteiger partial charge in [0.25, 0.3) is 0 Å². The summed E-state index contributed by atoms with van der Waals surface area (Å²) >= 11 is 0. The van der Waals surface area contributed by atoms with Crippen molar-refractivity contribution >= 4 is 31.8 Å². The Labute approximate surface area is 198 Å². The molecule has 33 heavy (non-hydrogen) atoms. The molecule has 0 bridgehead atoms. The van der Waals surface area contributed by atoms with E-state index in [1.54, 1.807) is 27.7 Å². The number of carbonyl (C=O) groups is 4. The Bertz CT molecular complexity index is 870. The first kappa shape index (κ1) is 29.0. The maximum absolute atomic E-state index is 13.1. The quantitative estimate of drug-likeness (QED) is 0.192. The highest BCUT2D eigenvalue weighted by atomic mass is 28.4. The van der Waals surface area contributed by atoms with E-state index in [-0.39, 0.29) is 59.2 Å². The molecular weight excluding hydrogens is 440 g/mol. The van der Waals surface area contributed by atoms with Gasteiger partial charge in [0.15, 0.2) is 19.9 Å². The van der Waals surface area contributed by atoms with Crippen LogP contribution in [0.2, 0.25) is 18.1 Å². The molecule has 0 saturated carbocycles. The van der Waals surface area contributed by atoms with Gasteiger partial charge in [-0.15, -0.1) is 0 Å². The van der Waals surface area contributed by atoms with Gasteiger partial charge in [-0.2, -0.15) is 0 Å². The lowest BCUT2D eigenvalue weighted by Gasteiger charge is -2.36. The minimum Gasteiger partial charge on any atom is -0.481 e. The summed E-state index contributed by atoms with van der Waals surface area (Å²) in [7, 11) is -1.84. The van der Waals surface area contributed by atoms with Crippen molar-refractivity contribution in [3.63, 3.8) is 0 Å². The first-order valence-electron chi connectivity index (χ1n) is 11.4. The minimum absolute atomic E-state index is 0.00970. The predicted octanol–water partition coefficient (Wildman–Crippen LogP) is 5.01. The third kappa shape index (κ3) is 7.47. The van der Waals surface area contributed by atoms with Crippen molar-refractivity contribution in [3.05, 3.63) is 22.3 Å². The van der Waals surface area contributed by atoms with Crippen molar-refractivity contribution in [2.24, 2.45) is 5.41 Å². The lowest BCUT2D eigenvalue weighted by Crippen LogP contribution is -2.41. The fraction of sp³-hybridized carbons (Fsp3) is 0.680. The molecule has 0 saturated heterocycles. The van der Waals surface area contributed by atoms with Crippen LogP contribution in [0, 0.1) is 5.41 Å². The summed E-state index contributed by atoms with van der Waals surface area (Å²) in [5.74, 6) is -2.10. The summed E-state index contributed by atoms with van der Waals surface area (Å²) in [6, 6.07) is 0. The molecule has 186 valence electrons. The van der Waals surface area contributed by atoms with E-state index in [1.807, 2.05) is 0 Å². The molecule has 0 aliphatic heterocycles. The van der Waals surface area contributed by atoms with Crippen LogP contribution in [0.4, 0.5) is 0 Å². The van der Waals surface area contributed by atoms with Crippen LogP contribution in [0.1, 0.15) is 74.1 Å². The van der Waals surface area contributed by atoms with E-state index in [9.17, 15) is 19.2 Å². The van der Waals surface area contributed by atoms with Crippen LogP contribution in [0.5, 0.6) is 0 Å². The fourth-order valence-electron chi connectivity index (χ4n) is 3.64. The first-order chi connectivity index (χ1) is 14.9. The zero-order valence-corrected chi connectivity index (χ0v) is 22.6. The number of hydrogen-bond donors (Lipinski definition) is 1. The van der Waals surface area contributed by atoms with Crippen molar-refractivity contribution in [2.75, 3.05) is 13.2 Å². The van der Waals surface area contributed by atoms with Crippen LogP contribution in [0.25, 0.3) is 0 Å². The molecule has 0 heterocycles. The standard InChI is InChI=1S/C25H40O7Si/c1-16-18(11-12-19(26)27)22(29)17(2)21(23(16)30)25(6,7)15-20(28)31-13-10-14-32-33(8,9)24(3,4)5/h10-15H2,1-9H3,(H,26,27). The summed E-state index contributed by atoms with van der Waals surface area (Å²) in [6.07, 6.45) is 0.338. The van der Waals surface area contributed by atoms with Crippen molar-refractivity contribution < 1.29 is 33.4 Å². The van der Waals surface area contributed by atoms with E-state index in [0.717, 1.165) is 0 Å². The molecule has 7 nitrogen and oxygen atoms in total. The summed E-state index contributed by atoms with van der Waals surface area (Å²) in [4.78, 5) is 49.3. The number of rotatable bonds is 11. The summed E-state index contributed by atoms with van der Waals surface area (Å²) < 4.78 is 11.5. The Morgan fingerprint density at radius 3 is 2.03 bits per heavy atom. The Morgan fingerprint density at radius 2 is 1.52 bits per heavy atom. The molecule has 0 fully saturated rings. The van der Waals surface area contributed by atoms with Crippen LogP contribution >= 0.6 is 0 Å². The van der Waals surface area contributed by atoms with E-state index in [1.165, 1.54) is 0 Å². The van der Waals surface area contributed by atoms with Crippen molar-refractivity contribution in [1.29, 1.82) is 0 Å². The number of ketones is 2. The number of Topliss-reactive ketones (excluding diaryl/α,β-unsaturated/α-hetero) is 2. The topological polar surface area (TPSA) is 107 Å². The number of esters is 1. The van der Waals surface area contributed by atoms with Gasteiger partial charge in [-0.05, 0) is 38.4 Å². The smallest absolute Gasteiger partial charge is 0.306 e. The minimum atomic E-state index is -1.84. The molecule has 1 rings (SSSR count). The van der Waals surface area contributed by atoms with Crippen molar-refractivity contribution in [2.45, 2.75) is 92.3 Å². The maximum atomic E-state index is 13.1. The first-order valence-corrected chi connectivity index (χ1v) is 14.3. The highest BCUT2D eigenvalue weighted by Gasteiger charge is 2.40. The second-order valence-electron chi connectivity index (χ2n) is 10.9. The molecule has 0 atom stereocenters. The summed E-state index contributed by atoms with van der Waals surface area (Å²) in [5.41, 5.74) is 0.161. The second-order valence-corrected chi connectivity index (χ2v) is 15.7. The van der Waals surface area contributed by atoms with Gasteiger partial charge in [-0.3, -0.25) is 19.2 Å². The molecule has 0 aromatic carbocycles. The maximum Gasteiger partial charge on any atom is 0.306 e. The largest absolute Gasteiger partial charge is 0.481 e. The Kier molecular flexibility index (Phi) is 9.58. The molecule has 1 N–H and O–H groups in total. The van der Waals surface area contributed by atoms with Gasteiger partial charge in [0, 0.05) is 47.2 Å². The normalized spacial score (nSPS) is 15.9. The zero-order chi connectivity index (χ0) is 25.8. The number of carboxylic acid groups (broad SMARTS) is 1. The molecule has 0 aromatic rings. The molecule has 1 aliphatic carbocycles. The van der Waals surface area contributed by atoms with Gasteiger partial charge in [0.05, 0.1) is 13.0 Å². The van der Waals surface area contributed by atoms with E-state index in [2.05, 4.69) is 33.9 Å². The second kappa shape index (κ2) is 10.9. The molecule has 0 unspecified atom stereocenters. The van der Waals surface area contributed by atoms with Crippen LogP contribution < -0.4 is 0 Å². The zero-order valence-electron chi connectivity index (χ0n) is 21.6. The Balaban J connectivity index is 2.75. The van der Waals surface area contributed by atoms with Crippen LogP contribution in [0.3, 0.4) is 0 Å². The molecule has 0 aromatic heterocycles. The molecule has 0 amide bonds. The predicted molar refractivity (Wildman–Crippen MR) is 129 cm³/mol. The highest BCUT2D eigenvalue weighted by Crippen LogP contribution is 2.40. The third-order valence-corrected chi connectivity index (χ3v) is 11.2. The average molecular weight is 481 g/mol. The number of carbonyl (C=O) groups excluding carboxylic acids is 3. The summed E-state index contributed by atoms with van der Waals surface area (Å²) in [5, 5.41) is 9.03. The number of allylic oxidation sites excluding steroid dienone is 4. The SMILES string of the molecule is CC1=C(CCC(=O)O)C(=O)C(C)=C(C(C)(C)CC(=O)OCCCO[Si](C)(C)C(C)(C)C)C1=O. The van der Waals surface area contributed by atoms with Crippen LogP contribution in [-0.2, 0) is 28.3 Å². The van der Waals surface area contributed by atoms with Gasteiger partial charge >= 0.3 is 11.9 Å². The van der Waals surface area contributed by atoms with Gasteiger partial charge < -0.3 is 14.3 Å². The van der Waals surface area contributed by atoms with Gasteiger partial charge in [-0.1, -0.05) is 34.6 Å². The van der Waals surface area contributed by atoms with Gasteiger partial charge in [0.1, 0.15) is 0 Å². The molecule has 1 aliphatic rings. The van der Waals surface area contributed by atoms with E-state index in [0.29, 0.717) is 18.6 Å². The lowest BCUT2D eigenvalue weighted by atomic mass is 9.70. The van der Waals surface area contributed by atoms with Crippen LogP contribution in [0.15, 0.2) is 22.3 Å². The van der Waals surface area contributed by atoms with Gasteiger partial charge in [-0.25, -0.2) is 0 Å².